The van der Waals surface area contributed by atoms with Gasteiger partial charge in [0.05, 0.1) is 7.11 Å². The molecule has 52 valence electrons. The third-order valence-electron chi connectivity index (χ3n) is 0.795. The SMILES string of the molecule is COC(=O)/C(N)=C(/C)O. The van der Waals surface area contributed by atoms with Gasteiger partial charge < -0.3 is 15.6 Å². The number of aliphatic hydroxyl groups is 1. The van der Waals surface area contributed by atoms with Crippen LogP contribution in [-0.4, -0.2) is 18.2 Å². The molecule has 0 aromatic heterocycles. The van der Waals surface area contributed by atoms with Crippen LogP contribution in [0.25, 0.3) is 0 Å². The molecule has 0 aromatic carbocycles. The first-order valence-corrected chi connectivity index (χ1v) is 2.33. The highest BCUT2D eigenvalue weighted by Crippen LogP contribution is 1.93. The Bertz CT molecular complexity index is 146. The number of aliphatic hydroxyl groups excluding tert-OH is 1. The van der Waals surface area contributed by atoms with Gasteiger partial charge in [-0.1, -0.05) is 0 Å². The lowest BCUT2D eigenvalue weighted by Gasteiger charge is -1.97. The zero-order chi connectivity index (χ0) is 7.44. The third-order valence-corrected chi connectivity index (χ3v) is 0.795. The molecule has 4 nitrogen and oxygen atoms in total. The summed E-state index contributed by atoms with van der Waals surface area (Å²) in [4.78, 5) is 10.4. The van der Waals surface area contributed by atoms with Gasteiger partial charge in [-0.3, -0.25) is 0 Å². The lowest BCUT2D eigenvalue weighted by Crippen LogP contribution is -2.14. The Hall–Kier alpha value is -1.19. The molecular weight excluding hydrogens is 122 g/mol. The van der Waals surface area contributed by atoms with E-state index in [1.54, 1.807) is 0 Å². The largest absolute Gasteiger partial charge is 0.510 e. The maximum atomic E-state index is 10.4. The summed E-state index contributed by atoms with van der Waals surface area (Å²) in [5.41, 5.74) is 4.77. The van der Waals surface area contributed by atoms with E-state index in [4.69, 9.17) is 10.8 Å². The summed E-state index contributed by atoms with van der Waals surface area (Å²) in [5.74, 6) is -0.933. The first kappa shape index (κ1) is 7.81. The molecular formula is C5H9NO3. The second-order valence-corrected chi connectivity index (χ2v) is 1.49. The first-order valence-electron chi connectivity index (χ1n) is 2.33. The van der Waals surface area contributed by atoms with Gasteiger partial charge in [-0.25, -0.2) is 4.79 Å². The Morgan fingerprint density at radius 1 is 1.67 bits per heavy atom. The van der Waals surface area contributed by atoms with Crippen LogP contribution in [0.1, 0.15) is 6.92 Å². The van der Waals surface area contributed by atoms with Gasteiger partial charge in [-0.05, 0) is 6.92 Å². The van der Waals surface area contributed by atoms with E-state index in [0.29, 0.717) is 0 Å². The predicted molar refractivity (Wildman–Crippen MR) is 31.5 cm³/mol. The van der Waals surface area contributed by atoms with Gasteiger partial charge in [0.15, 0.2) is 5.70 Å². The van der Waals surface area contributed by atoms with Gasteiger partial charge in [0.2, 0.25) is 0 Å². The van der Waals surface area contributed by atoms with E-state index in [1.165, 1.54) is 14.0 Å². The number of carbonyl (C=O) groups excluding carboxylic acids is 1. The van der Waals surface area contributed by atoms with E-state index in [-0.39, 0.29) is 11.5 Å². The van der Waals surface area contributed by atoms with Crippen molar-refractivity contribution in [3.8, 4) is 0 Å². The summed E-state index contributed by atoms with van der Waals surface area (Å²) in [5, 5.41) is 8.58. The smallest absolute Gasteiger partial charge is 0.357 e. The fourth-order valence-electron chi connectivity index (χ4n) is 0.258. The fraction of sp³-hybridized carbons (Fsp3) is 0.400. The van der Waals surface area contributed by atoms with Crippen molar-refractivity contribution in [2.45, 2.75) is 6.92 Å². The van der Waals surface area contributed by atoms with Crippen LogP contribution in [0.4, 0.5) is 0 Å². The maximum absolute atomic E-state index is 10.4. The van der Waals surface area contributed by atoms with Crippen LogP contribution in [0.5, 0.6) is 0 Å². The summed E-state index contributed by atoms with van der Waals surface area (Å²) >= 11 is 0. The highest BCUT2D eigenvalue weighted by atomic mass is 16.5. The van der Waals surface area contributed by atoms with Crippen LogP contribution >= 0.6 is 0 Å². The Morgan fingerprint density at radius 2 is 2.11 bits per heavy atom. The molecule has 0 saturated carbocycles. The molecule has 0 saturated heterocycles. The summed E-state index contributed by atoms with van der Waals surface area (Å²) in [6, 6.07) is 0. The first-order chi connectivity index (χ1) is 4.09. The number of methoxy groups -OCH3 is 1. The minimum atomic E-state index is -0.713. The maximum Gasteiger partial charge on any atom is 0.357 e. The van der Waals surface area contributed by atoms with Crippen molar-refractivity contribution in [2.75, 3.05) is 7.11 Å². The van der Waals surface area contributed by atoms with Crippen molar-refractivity contribution in [1.82, 2.24) is 0 Å². The van der Waals surface area contributed by atoms with Gasteiger partial charge in [-0.2, -0.15) is 0 Å². The minimum absolute atomic E-state index is 0.221. The van der Waals surface area contributed by atoms with Gasteiger partial charge >= 0.3 is 5.97 Å². The summed E-state index contributed by atoms with van der Waals surface area (Å²) in [7, 11) is 1.19. The van der Waals surface area contributed by atoms with Crippen molar-refractivity contribution in [3.05, 3.63) is 11.5 Å². The minimum Gasteiger partial charge on any atom is -0.510 e. The van der Waals surface area contributed by atoms with Crippen LogP contribution in [0.15, 0.2) is 11.5 Å². The second kappa shape index (κ2) is 2.96. The molecule has 0 aromatic rings. The number of rotatable bonds is 1. The zero-order valence-electron chi connectivity index (χ0n) is 5.34. The van der Waals surface area contributed by atoms with Crippen molar-refractivity contribution in [1.29, 1.82) is 0 Å². The molecule has 0 amide bonds. The normalized spacial score (nSPS) is 12.2. The lowest BCUT2D eigenvalue weighted by atomic mass is 10.4. The van der Waals surface area contributed by atoms with Crippen molar-refractivity contribution in [3.63, 3.8) is 0 Å². The molecule has 0 heterocycles. The summed E-state index contributed by atoms with van der Waals surface area (Å²) in [6.07, 6.45) is 0. The van der Waals surface area contributed by atoms with Crippen LogP contribution in [0.3, 0.4) is 0 Å². The van der Waals surface area contributed by atoms with Crippen LogP contribution in [-0.2, 0) is 9.53 Å². The molecule has 9 heavy (non-hydrogen) atoms. The van der Waals surface area contributed by atoms with Crippen LogP contribution < -0.4 is 5.73 Å². The van der Waals surface area contributed by atoms with E-state index in [0.717, 1.165) is 0 Å². The summed E-state index contributed by atoms with van der Waals surface area (Å²) < 4.78 is 4.19. The molecule has 0 spiro atoms. The van der Waals surface area contributed by atoms with Crippen molar-refractivity contribution in [2.24, 2.45) is 5.73 Å². The molecule has 0 fully saturated rings. The number of hydrogen-bond acceptors (Lipinski definition) is 4. The molecule has 0 radical (unpaired) electrons. The highest BCUT2D eigenvalue weighted by molar-refractivity contribution is 5.87. The Balaban J connectivity index is 4.21. The monoisotopic (exact) mass is 131 g/mol. The van der Waals surface area contributed by atoms with Crippen molar-refractivity contribution >= 4 is 5.97 Å². The van der Waals surface area contributed by atoms with E-state index in [1.807, 2.05) is 0 Å². The number of allylic oxidation sites excluding steroid dienone is 1. The molecule has 0 aliphatic carbocycles. The molecule has 0 aliphatic heterocycles. The molecule has 0 unspecified atom stereocenters. The summed E-state index contributed by atoms with van der Waals surface area (Å²) in [6.45, 7) is 1.31. The van der Waals surface area contributed by atoms with Gasteiger partial charge in [-0.15, -0.1) is 0 Å². The molecule has 0 atom stereocenters. The standard InChI is InChI=1S/C5H9NO3/c1-3(7)4(6)5(8)9-2/h7H,6H2,1-2H3/b4-3+. The Labute approximate surface area is 52.9 Å². The van der Waals surface area contributed by atoms with E-state index >= 15 is 0 Å². The number of carbonyl (C=O) groups is 1. The fourth-order valence-corrected chi connectivity index (χ4v) is 0.258. The average Bonchev–Trinajstić information content (AvgIpc) is 1.84. The molecule has 4 heteroatoms. The second-order valence-electron chi connectivity index (χ2n) is 1.49. The molecule has 0 aliphatic rings. The van der Waals surface area contributed by atoms with Crippen LogP contribution in [0, 0.1) is 0 Å². The number of ether oxygens (including phenoxy) is 1. The predicted octanol–water partition coefficient (Wildman–Crippen LogP) is -0.0924. The van der Waals surface area contributed by atoms with Gasteiger partial charge in [0.1, 0.15) is 5.76 Å². The Kier molecular flexibility index (Phi) is 2.57. The van der Waals surface area contributed by atoms with Gasteiger partial charge in [0, 0.05) is 0 Å². The molecule has 0 rings (SSSR count). The highest BCUT2D eigenvalue weighted by Gasteiger charge is 2.06. The number of esters is 1. The molecule has 0 bridgehead atoms. The van der Waals surface area contributed by atoms with Crippen molar-refractivity contribution < 1.29 is 14.6 Å². The number of hydrogen-bond donors (Lipinski definition) is 2. The van der Waals surface area contributed by atoms with Crippen LogP contribution in [0.2, 0.25) is 0 Å². The topological polar surface area (TPSA) is 72.5 Å². The average molecular weight is 131 g/mol. The van der Waals surface area contributed by atoms with E-state index in [9.17, 15) is 4.79 Å². The van der Waals surface area contributed by atoms with E-state index in [2.05, 4.69) is 4.74 Å². The number of nitrogens with two attached hydrogens (primary N) is 1. The molecule has 3 N–H and O–H groups in total. The van der Waals surface area contributed by atoms with Gasteiger partial charge in [0.25, 0.3) is 0 Å². The zero-order valence-corrected chi connectivity index (χ0v) is 5.34. The lowest BCUT2D eigenvalue weighted by molar-refractivity contribution is -0.136. The Morgan fingerprint density at radius 3 is 2.22 bits per heavy atom. The van der Waals surface area contributed by atoms with E-state index < -0.39 is 5.97 Å². The quantitative estimate of drug-likeness (QED) is 0.296. The third kappa shape index (κ3) is 2.03.